The van der Waals surface area contributed by atoms with Gasteiger partial charge in [0.1, 0.15) is 5.25 Å². The van der Waals surface area contributed by atoms with E-state index in [4.69, 9.17) is 9.26 Å². The normalized spacial score (nSPS) is 23.5. The summed E-state index contributed by atoms with van der Waals surface area (Å²) in [5.74, 6) is 0.560. The van der Waals surface area contributed by atoms with E-state index in [0.717, 1.165) is 12.8 Å². The van der Waals surface area contributed by atoms with Crippen LogP contribution in [-0.2, 0) is 14.6 Å². The van der Waals surface area contributed by atoms with E-state index in [-0.39, 0.29) is 11.9 Å². The van der Waals surface area contributed by atoms with Crippen LogP contribution < -0.4 is 5.32 Å². The van der Waals surface area contributed by atoms with Gasteiger partial charge in [-0.15, -0.1) is 0 Å². The fraction of sp³-hybridized carbons (Fsp3) is 0.778. The first-order valence-electron chi connectivity index (χ1n) is 5.32. The number of sulfone groups is 1. The first-order chi connectivity index (χ1) is 7.98. The summed E-state index contributed by atoms with van der Waals surface area (Å²) in [5, 5.41) is 6.16. The molecule has 1 aliphatic heterocycles. The smallest absolute Gasteiger partial charge is 0.244 e. The third-order valence-corrected chi connectivity index (χ3v) is 4.17. The van der Waals surface area contributed by atoms with Gasteiger partial charge in [0.05, 0.1) is 19.3 Å². The van der Waals surface area contributed by atoms with Crippen molar-refractivity contribution >= 4 is 9.84 Å². The van der Waals surface area contributed by atoms with Crippen LogP contribution in [0.2, 0.25) is 0 Å². The summed E-state index contributed by atoms with van der Waals surface area (Å²) in [7, 11) is -3.22. The minimum atomic E-state index is -3.22. The van der Waals surface area contributed by atoms with Crippen molar-refractivity contribution in [1.29, 1.82) is 0 Å². The minimum absolute atomic E-state index is 0.120. The number of hydrogen-bond acceptors (Lipinski definition) is 7. The van der Waals surface area contributed by atoms with E-state index in [9.17, 15) is 8.42 Å². The Morgan fingerprint density at radius 3 is 2.88 bits per heavy atom. The molecule has 96 valence electrons. The monoisotopic (exact) mass is 261 g/mol. The maximum Gasteiger partial charge on any atom is 0.244 e. The highest BCUT2D eigenvalue weighted by molar-refractivity contribution is 7.90. The van der Waals surface area contributed by atoms with Crippen LogP contribution >= 0.6 is 0 Å². The van der Waals surface area contributed by atoms with Crippen LogP contribution in [0.3, 0.4) is 0 Å². The van der Waals surface area contributed by atoms with Gasteiger partial charge in [-0.25, -0.2) is 8.42 Å². The molecule has 0 radical (unpaired) electrons. The Hall–Kier alpha value is -0.990. The van der Waals surface area contributed by atoms with Crippen molar-refractivity contribution < 1.29 is 17.7 Å². The third kappa shape index (κ3) is 2.82. The minimum Gasteiger partial charge on any atom is -0.378 e. The number of nitrogens with one attached hydrogen (secondary N) is 1. The maximum atomic E-state index is 11.3. The van der Waals surface area contributed by atoms with E-state index in [1.807, 2.05) is 0 Å². The van der Waals surface area contributed by atoms with Crippen molar-refractivity contribution in [2.24, 2.45) is 0 Å². The van der Waals surface area contributed by atoms with Crippen LogP contribution in [0.4, 0.5) is 0 Å². The molecule has 17 heavy (non-hydrogen) atoms. The number of nitrogens with zero attached hydrogens (tertiary/aromatic N) is 2. The van der Waals surface area contributed by atoms with Crippen molar-refractivity contribution in [2.45, 2.75) is 18.2 Å². The second-order valence-corrected chi connectivity index (χ2v) is 6.41. The molecule has 1 aromatic heterocycles. The van der Waals surface area contributed by atoms with Gasteiger partial charge in [0.15, 0.2) is 15.7 Å². The van der Waals surface area contributed by atoms with Gasteiger partial charge in [-0.1, -0.05) is 5.16 Å². The van der Waals surface area contributed by atoms with Crippen LogP contribution in [-0.4, -0.2) is 44.6 Å². The zero-order valence-electron chi connectivity index (χ0n) is 9.71. The van der Waals surface area contributed by atoms with Crippen molar-refractivity contribution in [2.75, 3.05) is 26.0 Å². The van der Waals surface area contributed by atoms with E-state index < -0.39 is 15.1 Å². The highest BCUT2D eigenvalue weighted by Crippen LogP contribution is 2.21. The highest BCUT2D eigenvalue weighted by Gasteiger charge is 2.27. The number of ether oxygens (including phenoxy) is 1. The number of hydrogen-bond donors (Lipinski definition) is 1. The molecule has 1 N–H and O–H groups in total. The highest BCUT2D eigenvalue weighted by atomic mass is 32.2. The Balaban J connectivity index is 2.15. The van der Waals surface area contributed by atoms with Gasteiger partial charge in [0.2, 0.25) is 5.89 Å². The Morgan fingerprint density at radius 2 is 2.29 bits per heavy atom. The van der Waals surface area contributed by atoms with Crippen LogP contribution in [0, 0.1) is 0 Å². The van der Waals surface area contributed by atoms with Crippen LogP contribution in [0.5, 0.6) is 0 Å². The van der Waals surface area contributed by atoms with Gasteiger partial charge in [-0.2, -0.15) is 4.98 Å². The standard InChI is InChI=1S/C9H15N3O4S/c1-6(17(2,13)14)9-11-8(12-16-9)7-5-15-4-3-10-7/h6-7,10H,3-5H2,1-2H3. The molecule has 2 heterocycles. The summed E-state index contributed by atoms with van der Waals surface area (Å²) in [6.45, 7) is 3.36. The molecular weight excluding hydrogens is 246 g/mol. The van der Waals surface area contributed by atoms with Gasteiger partial charge in [-0.05, 0) is 6.92 Å². The molecule has 8 heteroatoms. The predicted octanol–water partition coefficient (Wildman–Crippen LogP) is -0.164. The SMILES string of the molecule is CC(c1nc(C2COCCN2)no1)S(C)(=O)=O. The number of rotatable bonds is 3. The van der Waals surface area contributed by atoms with E-state index >= 15 is 0 Å². The summed E-state index contributed by atoms with van der Waals surface area (Å²) < 4.78 is 32.9. The number of morpholine rings is 1. The Kier molecular flexibility index (Phi) is 3.45. The lowest BCUT2D eigenvalue weighted by atomic mass is 10.2. The van der Waals surface area contributed by atoms with Crippen LogP contribution in [0.1, 0.15) is 29.9 Å². The zero-order chi connectivity index (χ0) is 12.5. The quantitative estimate of drug-likeness (QED) is 0.807. The second kappa shape index (κ2) is 4.71. The molecule has 0 spiro atoms. The molecule has 0 aromatic carbocycles. The average Bonchev–Trinajstić information content (AvgIpc) is 2.77. The van der Waals surface area contributed by atoms with Gasteiger partial charge >= 0.3 is 0 Å². The average molecular weight is 261 g/mol. The zero-order valence-corrected chi connectivity index (χ0v) is 10.5. The molecule has 0 saturated carbocycles. The molecule has 2 atom stereocenters. The van der Waals surface area contributed by atoms with Crippen LogP contribution in [0.15, 0.2) is 4.52 Å². The molecule has 2 rings (SSSR count). The van der Waals surface area contributed by atoms with Crippen molar-refractivity contribution in [3.63, 3.8) is 0 Å². The lowest BCUT2D eigenvalue weighted by molar-refractivity contribution is 0.0734. The predicted molar refractivity (Wildman–Crippen MR) is 59.1 cm³/mol. The Labute approximate surface area is 99.5 Å². The fourth-order valence-corrected chi connectivity index (χ4v) is 1.93. The van der Waals surface area contributed by atoms with Crippen molar-refractivity contribution in [3.05, 3.63) is 11.7 Å². The lowest BCUT2D eigenvalue weighted by Crippen LogP contribution is -2.35. The second-order valence-electron chi connectivity index (χ2n) is 4.04. The topological polar surface area (TPSA) is 94.3 Å². The molecule has 7 nitrogen and oxygen atoms in total. The molecular formula is C9H15N3O4S. The summed E-state index contributed by atoms with van der Waals surface area (Å²) in [6.07, 6.45) is 1.14. The third-order valence-electron chi connectivity index (χ3n) is 2.68. The van der Waals surface area contributed by atoms with E-state index in [2.05, 4.69) is 15.5 Å². The van der Waals surface area contributed by atoms with E-state index in [1.165, 1.54) is 6.92 Å². The fourth-order valence-electron chi connectivity index (χ4n) is 1.47. The number of aromatic nitrogens is 2. The largest absolute Gasteiger partial charge is 0.378 e. The molecule has 1 saturated heterocycles. The molecule has 1 fully saturated rings. The van der Waals surface area contributed by atoms with Crippen LogP contribution in [0.25, 0.3) is 0 Å². The summed E-state index contributed by atoms with van der Waals surface area (Å²) in [6, 6.07) is -0.131. The maximum absolute atomic E-state index is 11.3. The summed E-state index contributed by atoms with van der Waals surface area (Å²) in [4.78, 5) is 4.10. The summed E-state index contributed by atoms with van der Waals surface area (Å²) >= 11 is 0. The molecule has 1 aromatic rings. The van der Waals surface area contributed by atoms with Gasteiger partial charge in [0, 0.05) is 12.8 Å². The molecule has 0 bridgehead atoms. The Bertz CT molecular complexity index is 478. The molecule has 0 aliphatic carbocycles. The molecule has 2 unspecified atom stereocenters. The first-order valence-corrected chi connectivity index (χ1v) is 7.27. The van der Waals surface area contributed by atoms with Crippen molar-refractivity contribution in [1.82, 2.24) is 15.5 Å². The molecule has 0 amide bonds. The van der Waals surface area contributed by atoms with Gasteiger partial charge in [0.25, 0.3) is 0 Å². The van der Waals surface area contributed by atoms with Crippen molar-refractivity contribution in [3.8, 4) is 0 Å². The Morgan fingerprint density at radius 1 is 1.53 bits per heavy atom. The lowest BCUT2D eigenvalue weighted by Gasteiger charge is -2.20. The van der Waals surface area contributed by atoms with E-state index in [1.54, 1.807) is 0 Å². The first kappa shape index (κ1) is 12.5. The van der Waals surface area contributed by atoms with Gasteiger partial charge < -0.3 is 14.6 Å². The molecule has 1 aliphatic rings. The van der Waals surface area contributed by atoms with E-state index in [0.29, 0.717) is 19.0 Å². The van der Waals surface area contributed by atoms with Gasteiger partial charge in [-0.3, -0.25) is 0 Å². The summed E-state index contributed by atoms with van der Waals surface area (Å²) in [5.41, 5.74) is 0.